The largest absolute Gasteiger partial charge is 0.497 e. The molecule has 0 aliphatic carbocycles. The van der Waals surface area contributed by atoms with E-state index in [9.17, 15) is 14.4 Å². The van der Waals surface area contributed by atoms with Gasteiger partial charge in [0.05, 0.1) is 30.6 Å². The summed E-state index contributed by atoms with van der Waals surface area (Å²) < 4.78 is 8.07. The fourth-order valence-corrected chi connectivity index (χ4v) is 5.17. The third kappa shape index (κ3) is 6.04. The van der Waals surface area contributed by atoms with Crippen LogP contribution in [0.2, 0.25) is 0 Å². The lowest BCUT2D eigenvalue weighted by atomic mass is 10.1. The number of fused-ring (bicyclic) bond motifs is 1. The van der Waals surface area contributed by atoms with Crippen LogP contribution in [0.3, 0.4) is 0 Å². The predicted molar refractivity (Wildman–Crippen MR) is 172 cm³/mol. The average Bonchev–Trinajstić information content (AvgIpc) is 3.63. The Morgan fingerprint density at radius 2 is 1.96 bits per heavy atom. The van der Waals surface area contributed by atoms with Gasteiger partial charge in [0.1, 0.15) is 11.4 Å². The second kappa shape index (κ2) is 12.6. The molecule has 4 aromatic heterocycles. The molecule has 2 amide bonds. The molecule has 5 aromatic rings. The topological polar surface area (TPSA) is 152 Å². The highest BCUT2D eigenvalue weighted by molar-refractivity contribution is 6.03. The van der Waals surface area contributed by atoms with Crippen LogP contribution in [0.4, 0.5) is 17.2 Å². The van der Waals surface area contributed by atoms with E-state index in [1.54, 1.807) is 55.6 Å². The summed E-state index contributed by atoms with van der Waals surface area (Å²) in [4.78, 5) is 51.3. The van der Waals surface area contributed by atoms with Crippen LogP contribution < -0.4 is 20.5 Å². The number of pyridine rings is 1. The second-order valence-corrected chi connectivity index (χ2v) is 11.0. The number of aromatic nitrogens is 6. The molecule has 14 heteroatoms. The molecule has 1 fully saturated rings. The number of hydrogen-bond acceptors (Lipinski definition) is 10. The van der Waals surface area contributed by atoms with Crippen molar-refractivity contribution in [2.75, 3.05) is 38.0 Å². The molecule has 0 bridgehead atoms. The molecular weight excluding hydrogens is 588 g/mol. The number of hydrogen-bond donors (Lipinski definition) is 1. The Hall–Kier alpha value is -5.92. The maximum atomic E-state index is 13.5. The SMILES string of the molecule is COc1ccc(CN(C)c2cc(Nc3cccn(-c4ccc(C)nn4)c3=O)nn3c(C(=O)N=CC4CCN(C)C4=O)cnc23)cc1. The summed E-state index contributed by atoms with van der Waals surface area (Å²) in [7, 11) is 5.23. The molecule has 5 heterocycles. The number of carbonyl (C=O) groups excluding carboxylic acids is 2. The fraction of sp³-hybridized carbons (Fsp3) is 0.250. The van der Waals surface area contributed by atoms with Crippen molar-refractivity contribution in [3.05, 3.63) is 94.3 Å². The van der Waals surface area contributed by atoms with Gasteiger partial charge < -0.3 is 19.9 Å². The highest BCUT2D eigenvalue weighted by Crippen LogP contribution is 2.27. The van der Waals surface area contributed by atoms with Crippen LogP contribution in [0.5, 0.6) is 5.75 Å². The molecule has 1 aliphatic heterocycles. The van der Waals surface area contributed by atoms with Crippen molar-refractivity contribution < 1.29 is 14.3 Å². The van der Waals surface area contributed by atoms with E-state index in [-0.39, 0.29) is 28.7 Å². The Bertz CT molecular complexity index is 2000. The van der Waals surface area contributed by atoms with Crippen molar-refractivity contribution in [2.24, 2.45) is 10.9 Å². The lowest BCUT2D eigenvalue weighted by Gasteiger charge is -2.21. The fourth-order valence-electron chi connectivity index (χ4n) is 5.17. The van der Waals surface area contributed by atoms with E-state index in [1.807, 2.05) is 43.1 Å². The number of aryl methyl sites for hydroxylation is 1. The van der Waals surface area contributed by atoms with Gasteiger partial charge in [0.15, 0.2) is 23.0 Å². The van der Waals surface area contributed by atoms with Gasteiger partial charge in [-0.15, -0.1) is 10.2 Å². The summed E-state index contributed by atoms with van der Waals surface area (Å²) in [5.74, 6) is 0.280. The first kappa shape index (κ1) is 30.1. The number of carbonyl (C=O) groups is 2. The third-order valence-corrected chi connectivity index (χ3v) is 7.74. The number of amides is 2. The summed E-state index contributed by atoms with van der Waals surface area (Å²) in [5.41, 5.74) is 2.77. The van der Waals surface area contributed by atoms with Crippen molar-refractivity contribution in [2.45, 2.75) is 19.9 Å². The average molecular weight is 621 g/mol. The summed E-state index contributed by atoms with van der Waals surface area (Å²) in [6, 6.07) is 16.3. The summed E-state index contributed by atoms with van der Waals surface area (Å²) in [6.07, 6.45) is 5.00. The maximum Gasteiger partial charge on any atom is 0.296 e. The van der Waals surface area contributed by atoms with Crippen molar-refractivity contribution in [1.82, 2.24) is 34.3 Å². The van der Waals surface area contributed by atoms with Gasteiger partial charge in [0.25, 0.3) is 11.5 Å². The van der Waals surface area contributed by atoms with Crippen molar-refractivity contribution in [3.8, 4) is 11.6 Å². The number of ether oxygens (including phenoxy) is 1. The van der Waals surface area contributed by atoms with Crippen LogP contribution >= 0.6 is 0 Å². The number of nitrogens with one attached hydrogen (secondary N) is 1. The Morgan fingerprint density at radius 3 is 2.65 bits per heavy atom. The molecule has 1 unspecified atom stereocenters. The van der Waals surface area contributed by atoms with Crippen LogP contribution in [0.15, 0.2) is 76.8 Å². The maximum absolute atomic E-state index is 13.5. The van der Waals surface area contributed by atoms with Crippen molar-refractivity contribution >= 4 is 40.9 Å². The number of nitrogens with zero attached hydrogens (tertiary/aromatic N) is 9. The lowest BCUT2D eigenvalue weighted by molar-refractivity contribution is -0.128. The highest BCUT2D eigenvalue weighted by atomic mass is 16.5. The minimum atomic E-state index is -0.594. The number of methoxy groups -OCH3 is 1. The monoisotopic (exact) mass is 620 g/mol. The Balaban J connectivity index is 1.38. The second-order valence-electron chi connectivity index (χ2n) is 11.0. The molecular formula is C32H32N10O4. The molecule has 0 radical (unpaired) electrons. The van der Waals surface area contributed by atoms with Crippen LogP contribution in [0.25, 0.3) is 11.5 Å². The van der Waals surface area contributed by atoms with Crippen LogP contribution in [-0.4, -0.2) is 80.0 Å². The molecule has 1 atom stereocenters. The van der Waals surface area contributed by atoms with Gasteiger partial charge in [-0.05, 0) is 55.3 Å². The van der Waals surface area contributed by atoms with Crippen molar-refractivity contribution in [3.63, 3.8) is 0 Å². The molecule has 0 spiro atoms. The lowest BCUT2D eigenvalue weighted by Crippen LogP contribution is -2.23. The van der Waals surface area contributed by atoms with E-state index in [0.717, 1.165) is 17.0 Å². The Morgan fingerprint density at radius 1 is 1.15 bits per heavy atom. The molecule has 0 saturated carbocycles. The first-order valence-electron chi connectivity index (χ1n) is 14.6. The van der Waals surface area contributed by atoms with Gasteiger partial charge in [0, 0.05) is 45.7 Å². The van der Waals surface area contributed by atoms with E-state index in [4.69, 9.17) is 4.74 Å². The summed E-state index contributed by atoms with van der Waals surface area (Å²) in [5, 5.41) is 16.0. The molecule has 14 nitrogen and oxygen atoms in total. The van der Waals surface area contributed by atoms with Gasteiger partial charge in [-0.25, -0.2) is 14.5 Å². The molecule has 1 aromatic carbocycles. The van der Waals surface area contributed by atoms with E-state index < -0.39 is 11.8 Å². The van der Waals surface area contributed by atoms with E-state index in [2.05, 4.69) is 30.6 Å². The quantitative estimate of drug-likeness (QED) is 0.243. The van der Waals surface area contributed by atoms with Gasteiger partial charge in [-0.3, -0.25) is 19.0 Å². The van der Waals surface area contributed by atoms with Crippen LogP contribution in [0.1, 0.15) is 28.2 Å². The first-order valence-corrected chi connectivity index (χ1v) is 14.6. The molecule has 1 aliphatic rings. The van der Waals surface area contributed by atoms with Gasteiger partial charge in [0.2, 0.25) is 5.91 Å². The molecule has 46 heavy (non-hydrogen) atoms. The van der Waals surface area contributed by atoms with Crippen LogP contribution in [0, 0.1) is 12.8 Å². The normalized spacial score (nSPS) is 14.7. The smallest absolute Gasteiger partial charge is 0.296 e. The summed E-state index contributed by atoms with van der Waals surface area (Å²) >= 11 is 0. The minimum Gasteiger partial charge on any atom is -0.497 e. The third-order valence-electron chi connectivity index (χ3n) is 7.74. The van der Waals surface area contributed by atoms with E-state index in [0.29, 0.717) is 36.7 Å². The Kier molecular flexibility index (Phi) is 8.25. The molecule has 234 valence electrons. The first-order chi connectivity index (χ1) is 22.2. The number of aliphatic imine (C=N–C) groups is 1. The standard InChI is InChI=1S/C32H32N10O4/c1-20-7-12-28(37-36-20)41-14-5-6-24(32(41)45)35-27-16-25(40(3)19-21-8-10-23(46-4)11-9-21)29-33-18-26(42(29)38-27)30(43)34-17-22-13-15-39(2)31(22)44/h5-12,14,16-18,22H,13,15,19H2,1-4H3,(H,35,38). The molecule has 1 N–H and O–H groups in total. The van der Waals surface area contributed by atoms with Gasteiger partial charge in [-0.2, -0.15) is 5.10 Å². The van der Waals surface area contributed by atoms with E-state index >= 15 is 0 Å². The zero-order valence-corrected chi connectivity index (χ0v) is 25.8. The minimum absolute atomic E-state index is 0.0770. The van der Waals surface area contributed by atoms with Gasteiger partial charge in [-0.1, -0.05) is 12.1 Å². The highest BCUT2D eigenvalue weighted by Gasteiger charge is 2.28. The van der Waals surface area contributed by atoms with Gasteiger partial charge >= 0.3 is 0 Å². The number of anilines is 3. The van der Waals surface area contributed by atoms with Crippen molar-refractivity contribution in [1.29, 1.82) is 0 Å². The predicted octanol–water partition coefficient (Wildman–Crippen LogP) is 3.06. The summed E-state index contributed by atoms with van der Waals surface area (Å²) in [6.45, 7) is 2.92. The van der Waals surface area contributed by atoms with E-state index in [1.165, 1.54) is 21.5 Å². The zero-order valence-electron chi connectivity index (χ0n) is 25.8. The zero-order chi connectivity index (χ0) is 32.4. The number of benzene rings is 1. The number of rotatable bonds is 9. The molecule has 1 saturated heterocycles. The Labute approximate surface area is 264 Å². The van der Waals surface area contributed by atoms with Crippen LogP contribution in [-0.2, 0) is 11.3 Å². The number of imidazole rings is 1. The molecule has 6 rings (SSSR count). The number of likely N-dealkylation sites (tertiary alicyclic amines) is 1.